The molecule has 178 valence electrons. The molecule has 0 fully saturated rings. The smallest absolute Gasteiger partial charge is 0.182 e. The zero-order valence-corrected chi connectivity index (χ0v) is 19.0. The van der Waals surface area contributed by atoms with E-state index in [1.165, 1.54) is 43.6 Å². The van der Waals surface area contributed by atoms with Crippen molar-refractivity contribution in [2.24, 2.45) is 0 Å². The lowest BCUT2D eigenvalue weighted by Gasteiger charge is -2.12. The van der Waals surface area contributed by atoms with Gasteiger partial charge in [0.05, 0.1) is 23.3 Å². The number of fused-ring (bicyclic) bond motifs is 1. The van der Waals surface area contributed by atoms with E-state index < -0.39 is 38.6 Å². The highest BCUT2D eigenvalue weighted by atomic mass is 32.2. The van der Waals surface area contributed by atoms with Crippen molar-refractivity contribution in [1.82, 2.24) is 20.2 Å². The number of nitrogens with one attached hydrogen (secondary N) is 2. The maximum Gasteiger partial charge on any atom is 0.182 e. The summed E-state index contributed by atoms with van der Waals surface area (Å²) in [5, 5.41) is 6.98. The van der Waals surface area contributed by atoms with Crippen LogP contribution in [0.3, 0.4) is 0 Å². The third kappa shape index (κ3) is 3.93. The quantitative estimate of drug-likeness (QED) is 0.342. The molecule has 2 N–H and O–H groups in total. The van der Waals surface area contributed by atoms with Crippen LogP contribution in [0.1, 0.15) is 5.56 Å². The Hall–Kier alpha value is -4.12. The van der Waals surface area contributed by atoms with Crippen molar-refractivity contribution in [3.63, 3.8) is 0 Å². The van der Waals surface area contributed by atoms with E-state index in [9.17, 15) is 12.8 Å². The van der Waals surface area contributed by atoms with Crippen LogP contribution < -0.4 is 4.74 Å². The van der Waals surface area contributed by atoms with Crippen molar-refractivity contribution in [2.75, 3.05) is 7.11 Å². The van der Waals surface area contributed by atoms with Gasteiger partial charge in [0.15, 0.2) is 21.5 Å². The second kappa shape index (κ2) is 8.58. The SMILES string of the molecule is COc1cccc(S(=O)(=O)Cc2ccc(F)c(-c3ccc4c(-c5ncc[nH]5)[nH]nc4c3F)c2F)c1. The third-order valence-electron chi connectivity index (χ3n) is 5.59. The molecule has 0 aliphatic heterocycles. The summed E-state index contributed by atoms with van der Waals surface area (Å²) in [5.74, 6) is -3.19. The number of aromatic amines is 2. The van der Waals surface area contributed by atoms with Crippen LogP contribution in [0, 0.1) is 17.5 Å². The van der Waals surface area contributed by atoms with E-state index in [4.69, 9.17) is 4.74 Å². The topological polar surface area (TPSA) is 101 Å². The van der Waals surface area contributed by atoms with Gasteiger partial charge in [-0.1, -0.05) is 18.2 Å². The van der Waals surface area contributed by atoms with Crippen molar-refractivity contribution in [3.05, 3.63) is 83.9 Å². The number of hydrogen-bond donors (Lipinski definition) is 2. The Bertz CT molecular complexity index is 1670. The summed E-state index contributed by atoms with van der Waals surface area (Å²) in [6, 6.07) is 10.4. The largest absolute Gasteiger partial charge is 0.497 e. The van der Waals surface area contributed by atoms with Crippen molar-refractivity contribution in [3.8, 4) is 28.4 Å². The molecule has 0 saturated carbocycles. The third-order valence-corrected chi connectivity index (χ3v) is 7.25. The minimum atomic E-state index is -4.01. The summed E-state index contributed by atoms with van der Waals surface area (Å²) >= 11 is 0. The van der Waals surface area contributed by atoms with Crippen molar-refractivity contribution in [1.29, 1.82) is 0 Å². The molecule has 0 spiro atoms. The molecule has 0 radical (unpaired) electrons. The van der Waals surface area contributed by atoms with E-state index in [-0.39, 0.29) is 21.5 Å². The number of methoxy groups -OCH3 is 1. The van der Waals surface area contributed by atoms with Gasteiger partial charge in [0.25, 0.3) is 0 Å². The number of H-pyrrole nitrogens is 2. The Labute approximate surface area is 197 Å². The molecule has 0 aliphatic carbocycles. The van der Waals surface area contributed by atoms with Crippen molar-refractivity contribution < 1.29 is 26.3 Å². The monoisotopic (exact) mass is 498 g/mol. The standard InChI is InChI=1S/C24H17F3N4O3S/c1-34-14-3-2-4-15(11-14)35(32,33)12-13-5-8-18(25)19(20(13)26)16-6-7-17-22(21(16)27)30-31-23(17)24-28-9-10-29-24/h2-11H,12H2,1H3,(H,28,29)(H,30,31). The minimum Gasteiger partial charge on any atom is -0.497 e. The lowest BCUT2D eigenvalue weighted by molar-refractivity contribution is 0.413. The lowest BCUT2D eigenvalue weighted by atomic mass is 9.99. The predicted molar refractivity (Wildman–Crippen MR) is 123 cm³/mol. The van der Waals surface area contributed by atoms with E-state index >= 15 is 8.78 Å². The molecule has 5 aromatic rings. The number of halogens is 3. The normalized spacial score (nSPS) is 11.8. The molecule has 0 atom stereocenters. The molecule has 0 bridgehead atoms. The molecule has 0 unspecified atom stereocenters. The van der Waals surface area contributed by atoms with Crippen LogP contribution in [-0.2, 0) is 15.6 Å². The maximum absolute atomic E-state index is 15.5. The van der Waals surface area contributed by atoms with Crippen LogP contribution in [0.25, 0.3) is 33.5 Å². The van der Waals surface area contributed by atoms with E-state index in [2.05, 4.69) is 20.2 Å². The van der Waals surface area contributed by atoms with Gasteiger partial charge in [0.1, 0.15) is 28.6 Å². The molecule has 0 saturated heterocycles. The van der Waals surface area contributed by atoms with Gasteiger partial charge in [-0.25, -0.2) is 26.6 Å². The van der Waals surface area contributed by atoms with Crippen LogP contribution in [0.2, 0.25) is 0 Å². The fourth-order valence-electron chi connectivity index (χ4n) is 3.86. The average molecular weight is 498 g/mol. The zero-order valence-electron chi connectivity index (χ0n) is 18.1. The highest BCUT2D eigenvalue weighted by Gasteiger charge is 2.25. The summed E-state index contributed by atoms with van der Waals surface area (Å²) in [6.45, 7) is 0. The molecular weight excluding hydrogens is 481 g/mol. The van der Waals surface area contributed by atoms with E-state index in [1.54, 1.807) is 12.3 Å². The van der Waals surface area contributed by atoms with Crippen molar-refractivity contribution in [2.45, 2.75) is 10.6 Å². The van der Waals surface area contributed by atoms with E-state index in [1.807, 2.05) is 0 Å². The second-order valence-corrected chi connectivity index (χ2v) is 9.68. The van der Waals surface area contributed by atoms with Gasteiger partial charge < -0.3 is 9.72 Å². The average Bonchev–Trinajstić information content (AvgIpc) is 3.52. The summed E-state index contributed by atoms with van der Waals surface area (Å²) in [5.41, 5.74) is -1.09. The molecule has 2 heterocycles. The van der Waals surface area contributed by atoms with Crippen LogP contribution in [0.15, 0.2) is 65.8 Å². The number of rotatable bonds is 6. The fraction of sp³-hybridized carbons (Fsp3) is 0.0833. The number of sulfone groups is 1. The van der Waals surface area contributed by atoms with Gasteiger partial charge >= 0.3 is 0 Å². The number of imidazole rings is 1. The second-order valence-electron chi connectivity index (χ2n) is 7.69. The molecular formula is C24H17F3N4O3S. The molecule has 11 heteroatoms. The van der Waals surface area contributed by atoms with E-state index in [0.29, 0.717) is 22.7 Å². The van der Waals surface area contributed by atoms with Crippen LogP contribution in [0.5, 0.6) is 5.75 Å². The highest BCUT2D eigenvalue weighted by Crippen LogP contribution is 2.36. The molecule has 2 aromatic heterocycles. The molecule has 3 aromatic carbocycles. The first-order valence-electron chi connectivity index (χ1n) is 10.3. The number of hydrogen-bond acceptors (Lipinski definition) is 5. The number of aromatic nitrogens is 4. The molecule has 5 rings (SSSR count). The Morgan fingerprint density at radius 1 is 1.03 bits per heavy atom. The first-order chi connectivity index (χ1) is 16.8. The summed E-state index contributed by atoms with van der Waals surface area (Å²) in [4.78, 5) is 6.88. The van der Waals surface area contributed by atoms with E-state index in [0.717, 1.165) is 12.1 Å². The highest BCUT2D eigenvalue weighted by molar-refractivity contribution is 7.90. The number of nitrogens with zero attached hydrogens (tertiary/aromatic N) is 2. The fourth-order valence-corrected chi connectivity index (χ4v) is 5.24. The van der Waals surface area contributed by atoms with Gasteiger partial charge in [-0.15, -0.1) is 0 Å². The first kappa shape index (κ1) is 22.7. The maximum atomic E-state index is 15.5. The Balaban J connectivity index is 1.58. The summed E-state index contributed by atoms with van der Waals surface area (Å²) in [7, 11) is -2.62. The molecule has 35 heavy (non-hydrogen) atoms. The van der Waals surface area contributed by atoms with Gasteiger partial charge in [-0.05, 0) is 30.3 Å². The van der Waals surface area contributed by atoms with Crippen molar-refractivity contribution >= 4 is 20.7 Å². The lowest BCUT2D eigenvalue weighted by Crippen LogP contribution is -2.08. The molecule has 0 aliphatic rings. The Morgan fingerprint density at radius 3 is 2.60 bits per heavy atom. The zero-order chi connectivity index (χ0) is 24.7. The van der Waals surface area contributed by atoms with Crippen LogP contribution >= 0.6 is 0 Å². The molecule has 0 amide bonds. The Kier molecular flexibility index (Phi) is 5.56. The Morgan fingerprint density at radius 2 is 1.86 bits per heavy atom. The number of benzene rings is 3. The van der Waals surface area contributed by atoms with Gasteiger partial charge in [0, 0.05) is 28.9 Å². The minimum absolute atomic E-state index is 0.0864. The van der Waals surface area contributed by atoms with Crippen LogP contribution in [0.4, 0.5) is 13.2 Å². The van der Waals surface area contributed by atoms with Gasteiger partial charge in [-0.2, -0.15) is 5.10 Å². The van der Waals surface area contributed by atoms with Gasteiger partial charge in [-0.3, -0.25) is 5.10 Å². The van der Waals surface area contributed by atoms with Crippen LogP contribution in [-0.4, -0.2) is 35.7 Å². The predicted octanol–water partition coefficient (Wildman–Crippen LogP) is 5.02. The number of ether oxygens (including phenoxy) is 1. The first-order valence-corrected chi connectivity index (χ1v) is 12.0. The summed E-state index contributed by atoms with van der Waals surface area (Å²) < 4.78 is 76.5. The molecule has 7 nitrogen and oxygen atoms in total. The van der Waals surface area contributed by atoms with Gasteiger partial charge in [0.2, 0.25) is 0 Å². The summed E-state index contributed by atoms with van der Waals surface area (Å²) in [6.07, 6.45) is 3.10.